The first-order valence-electron chi connectivity index (χ1n) is 5.22. The molecule has 0 aliphatic heterocycles. The molecule has 0 unspecified atom stereocenters. The van der Waals surface area contributed by atoms with E-state index in [1.165, 1.54) is 13.8 Å². The van der Waals surface area contributed by atoms with Crippen LogP contribution in [0.4, 0.5) is 0 Å². The van der Waals surface area contributed by atoms with Crippen LogP contribution in [0.3, 0.4) is 0 Å². The average molecular weight is 310 g/mol. The van der Waals surface area contributed by atoms with Gasteiger partial charge in [-0.05, 0) is 31.5 Å². The van der Waals surface area contributed by atoms with Gasteiger partial charge in [-0.3, -0.25) is 10.0 Å². The van der Waals surface area contributed by atoms with Crippen molar-refractivity contribution in [3.63, 3.8) is 0 Å². The van der Waals surface area contributed by atoms with Gasteiger partial charge in [-0.25, -0.2) is 5.06 Å². The van der Waals surface area contributed by atoms with Crippen LogP contribution in [0.15, 0.2) is 24.3 Å². The number of carbonyl (C=O) groups excluding carboxylic acids is 2. The minimum absolute atomic E-state index is 0. The Morgan fingerprint density at radius 2 is 1.79 bits per heavy atom. The minimum atomic E-state index is -1.78. The molecule has 19 heavy (non-hydrogen) atoms. The summed E-state index contributed by atoms with van der Waals surface area (Å²) in [5.41, 5.74) is -1.15. The van der Waals surface area contributed by atoms with Gasteiger partial charge in [0.25, 0.3) is 5.91 Å². The molecule has 0 aliphatic rings. The second kappa shape index (κ2) is 7.73. The van der Waals surface area contributed by atoms with E-state index in [-0.39, 0.29) is 57.9 Å². The van der Waals surface area contributed by atoms with Crippen LogP contribution in [0.5, 0.6) is 0 Å². The zero-order chi connectivity index (χ0) is 13.9. The molecule has 1 aromatic carbocycles. The maximum atomic E-state index is 11.7. The molecular formula is C12H13ClKNO4. The summed E-state index contributed by atoms with van der Waals surface area (Å²) >= 11 is 5.70. The predicted octanol–water partition coefficient (Wildman–Crippen LogP) is -2.16. The molecule has 7 heteroatoms. The number of hydroxylamine groups is 2. The summed E-state index contributed by atoms with van der Waals surface area (Å²) in [4.78, 5) is 22.5. The van der Waals surface area contributed by atoms with Crippen LogP contribution in [0.25, 0.3) is 0 Å². The van der Waals surface area contributed by atoms with Crippen LogP contribution >= 0.6 is 11.6 Å². The number of hydrogen-bond acceptors (Lipinski definition) is 4. The number of carbonyl (C=O) groups is 2. The van der Waals surface area contributed by atoms with Crippen LogP contribution in [-0.2, 0) is 16.1 Å². The molecule has 0 atom stereocenters. The van der Waals surface area contributed by atoms with Crippen LogP contribution in [0, 0.1) is 5.41 Å². The van der Waals surface area contributed by atoms with E-state index >= 15 is 0 Å². The Labute approximate surface area is 158 Å². The van der Waals surface area contributed by atoms with Gasteiger partial charge in [-0.15, -0.1) is 0 Å². The number of halogens is 1. The second-order valence-electron chi connectivity index (χ2n) is 4.40. The van der Waals surface area contributed by atoms with E-state index in [1.54, 1.807) is 24.3 Å². The summed E-state index contributed by atoms with van der Waals surface area (Å²) in [5.74, 6) is -2.47. The molecule has 0 bridgehead atoms. The van der Waals surface area contributed by atoms with E-state index in [9.17, 15) is 19.9 Å². The molecule has 1 rings (SSSR count). The van der Waals surface area contributed by atoms with Gasteiger partial charge in [0.15, 0.2) is 0 Å². The molecule has 98 valence electrons. The molecule has 0 saturated heterocycles. The van der Waals surface area contributed by atoms with Crippen molar-refractivity contribution in [2.24, 2.45) is 5.41 Å². The van der Waals surface area contributed by atoms with E-state index in [1.807, 2.05) is 0 Å². The van der Waals surface area contributed by atoms with Gasteiger partial charge in [0, 0.05) is 5.02 Å². The minimum Gasteiger partial charge on any atom is -0.549 e. The largest absolute Gasteiger partial charge is 1.00 e. The van der Waals surface area contributed by atoms with Crippen LogP contribution in [0.1, 0.15) is 19.4 Å². The van der Waals surface area contributed by atoms with E-state index in [4.69, 9.17) is 11.6 Å². The molecule has 0 aromatic heterocycles. The number of carboxylic acids is 1. The van der Waals surface area contributed by atoms with E-state index in [0.717, 1.165) is 0 Å². The fraction of sp³-hybridized carbons (Fsp3) is 0.333. The number of carboxylic acid groups (broad SMARTS) is 1. The van der Waals surface area contributed by atoms with Gasteiger partial charge < -0.3 is 9.90 Å². The average Bonchev–Trinajstić information content (AvgIpc) is 2.30. The van der Waals surface area contributed by atoms with E-state index < -0.39 is 17.3 Å². The monoisotopic (exact) mass is 309 g/mol. The van der Waals surface area contributed by atoms with Crippen LogP contribution < -0.4 is 56.5 Å². The maximum Gasteiger partial charge on any atom is 1.00 e. The molecule has 1 N–H and O–H groups in total. The number of hydrogen-bond donors (Lipinski definition) is 1. The summed E-state index contributed by atoms with van der Waals surface area (Å²) in [6.45, 7) is 2.23. The molecule has 1 amide bonds. The summed E-state index contributed by atoms with van der Waals surface area (Å²) in [6.07, 6.45) is 0. The normalized spacial score (nSPS) is 10.5. The zero-order valence-electron chi connectivity index (χ0n) is 11.0. The van der Waals surface area contributed by atoms with Crippen molar-refractivity contribution in [2.75, 3.05) is 0 Å². The predicted molar refractivity (Wildman–Crippen MR) is 62.6 cm³/mol. The van der Waals surface area contributed by atoms with Crippen LogP contribution in [0.2, 0.25) is 5.02 Å². The molecule has 0 fully saturated rings. The molecule has 0 heterocycles. The number of rotatable bonds is 4. The first-order chi connectivity index (χ1) is 8.25. The Morgan fingerprint density at radius 1 is 1.32 bits per heavy atom. The number of nitrogens with zero attached hydrogens (tertiary/aromatic N) is 1. The van der Waals surface area contributed by atoms with Crippen molar-refractivity contribution in [1.29, 1.82) is 0 Å². The van der Waals surface area contributed by atoms with Crippen molar-refractivity contribution in [1.82, 2.24) is 5.06 Å². The molecule has 0 radical (unpaired) electrons. The van der Waals surface area contributed by atoms with Crippen molar-refractivity contribution in [2.45, 2.75) is 20.4 Å². The van der Waals surface area contributed by atoms with Gasteiger partial charge in [-0.1, -0.05) is 23.7 Å². The first kappa shape index (κ1) is 19.0. The fourth-order valence-electron chi connectivity index (χ4n) is 1.24. The SMILES string of the molecule is CC(C)(C(=O)[O-])C(=O)N(O)Cc1ccc(Cl)cc1.[K+]. The third-order valence-electron chi connectivity index (χ3n) is 2.53. The van der Waals surface area contributed by atoms with Gasteiger partial charge in [-0.2, -0.15) is 0 Å². The number of amides is 1. The van der Waals surface area contributed by atoms with Crippen molar-refractivity contribution in [3.8, 4) is 0 Å². The second-order valence-corrected chi connectivity index (χ2v) is 4.84. The molecule has 0 spiro atoms. The van der Waals surface area contributed by atoms with E-state index in [2.05, 4.69) is 0 Å². The summed E-state index contributed by atoms with van der Waals surface area (Å²) < 4.78 is 0. The molecule has 0 aliphatic carbocycles. The molecule has 5 nitrogen and oxygen atoms in total. The van der Waals surface area contributed by atoms with Crippen molar-refractivity contribution >= 4 is 23.5 Å². The Balaban J connectivity index is 0.00000324. The Hall–Kier alpha value is 0.0464. The number of benzene rings is 1. The standard InChI is InChI=1S/C12H14ClNO4.K/c1-12(2,11(16)17)10(15)14(18)7-8-3-5-9(13)6-4-8;/h3-6,18H,7H2,1-2H3,(H,16,17);/q;+1/p-1. The van der Waals surface area contributed by atoms with Crippen LogP contribution in [-0.4, -0.2) is 22.1 Å². The van der Waals surface area contributed by atoms with Gasteiger partial charge in [0.2, 0.25) is 0 Å². The quantitative estimate of drug-likeness (QED) is 0.297. The Kier molecular flexibility index (Phi) is 7.75. The smallest absolute Gasteiger partial charge is 0.549 e. The van der Waals surface area contributed by atoms with Gasteiger partial charge in [0.05, 0.1) is 17.9 Å². The fourth-order valence-corrected chi connectivity index (χ4v) is 1.37. The maximum absolute atomic E-state index is 11.7. The third-order valence-corrected chi connectivity index (χ3v) is 2.78. The number of aliphatic carboxylic acids is 1. The third kappa shape index (κ3) is 5.15. The Bertz CT molecular complexity index is 461. The molecule has 0 saturated carbocycles. The first-order valence-corrected chi connectivity index (χ1v) is 5.59. The summed E-state index contributed by atoms with van der Waals surface area (Å²) in [5, 5.41) is 21.3. The van der Waals surface area contributed by atoms with Gasteiger partial charge >= 0.3 is 51.4 Å². The topological polar surface area (TPSA) is 80.7 Å². The van der Waals surface area contributed by atoms with Crippen molar-refractivity contribution < 1.29 is 71.3 Å². The van der Waals surface area contributed by atoms with Crippen molar-refractivity contribution in [3.05, 3.63) is 34.9 Å². The molecular weight excluding hydrogens is 297 g/mol. The zero-order valence-corrected chi connectivity index (χ0v) is 14.9. The Morgan fingerprint density at radius 3 is 2.21 bits per heavy atom. The van der Waals surface area contributed by atoms with E-state index in [0.29, 0.717) is 15.6 Å². The molecule has 1 aromatic rings. The summed E-state index contributed by atoms with van der Waals surface area (Å²) in [7, 11) is 0. The summed E-state index contributed by atoms with van der Waals surface area (Å²) in [6, 6.07) is 6.48. The van der Waals surface area contributed by atoms with Gasteiger partial charge in [0.1, 0.15) is 0 Å².